The molecule has 0 aliphatic rings. The third kappa shape index (κ3) is 4.54. The van der Waals surface area contributed by atoms with E-state index in [0.29, 0.717) is 19.8 Å². The van der Waals surface area contributed by atoms with Crippen molar-refractivity contribution in [3.05, 3.63) is 35.4 Å². The average molecular weight is 236 g/mol. The van der Waals surface area contributed by atoms with E-state index in [0.717, 1.165) is 11.1 Å². The second-order valence-electron chi connectivity index (χ2n) is 3.85. The van der Waals surface area contributed by atoms with Crippen molar-refractivity contribution in [3.63, 3.8) is 0 Å². The van der Waals surface area contributed by atoms with Crippen LogP contribution in [0.1, 0.15) is 25.0 Å². The van der Waals surface area contributed by atoms with Crippen LogP contribution in [0, 0.1) is 5.41 Å². The lowest BCUT2D eigenvalue weighted by Crippen LogP contribution is -2.18. The Morgan fingerprint density at radius 1 is 1.41 bits per heavy atom. The standard InChI is InChI=1S/C13H20N2O2/c1-3-16-8-10(2)17-9-11-6-4-5-7-12(11)13(14)15/h4-7,10H,3,8-9H2,1-2H3,(H3,14,15). The second kappa shape index (κ2) is 7.04. The minimum absolute atomic E-state index is 0.0370. The maximum atomic E-state index is 7.47. The Bertz CT molecular complexity index is 366. The van der Waals surface area contributed by atoms with Crippen LogP contribution in [0.5, 0.6) is 0 Å². The van der Waals surface area contributed by atoms with Crippen LogP contribution in [-0.2, 0) is 16.1 Å². The van der Waals surface area contributed by atoms with E-state index in [1.54, 1.807) is 0 Å². The van der Waals surface area contributed by atoms with Crippen molar-refractivity contribution >= 4 is 5.84 Å². The fourth-order valence-corrected chi connectivity index (χ4v) is 1.47. The van der Waals surface area contributed by atoms with Crippen LogP contribution >= 0.6 is 0 Å². The number of benzene rings is 1. The van der Waals surface area contributed by atoms with Crippen LogP contribution in [0.15, 0.2) is 24.3 Å². The van der Waals surface area contributed by atoms with Crippen molar-refractivity contribution in [2.24, 2.45) is 5.73 Å². The molecule has 1 rings (SSSR count). The molecule has 1 aromatic carbocycles. The van der Waals surface area contributed by atoms with Gasteiger partial charge in [0.1, 0.15) is 5.84 Å². The van der Waals surface area contributed by atoms with Crippen LogP contribution in [0.3, 0.4) is 0 Å². The lowest BCUT2D eigenvalue weighted by molar-refractivity contribution is -0.0117. The van der Waals surface area contributed by atoms with E-state index in [1.165, 1.54) is 0 Å². The van der Waals surface area contributed by atoms with Crippen molar-refractivity contribution in [2.45, 2.75) is 26.6 Å². The lowest BCUT2D eigenvalue weighted by atomic mass is 10.1. The summed E-state index contributed by atoms with van der Waals surface area (Å²) in [5.41, 5.74) is 7.17. The molecule has 4 heteroatoms. The van der Waals surface area contributed by atoms with Gasteiger partial charge in [-0.15, -0.1) is 0 Å². The summed E-state index contributed by atoms with van der Waals surface area (Å²) >= 11 is 0. The summed E-state index contributed by atoms with van der Waals surface area (Å²) < 4.78 is 10.9. The van der Waals surface area contributed by atoms with Gasteiger partial charge in [0, 0.05) is 12.2 Å². The van der Waals surface area contributed by atoms with Crippen molar-refractivity contribution < 1.29 is 9.47 Å². The van der Waals surface area contributed by atoms with E-state index in [2.05, 4.69) is 0 Å². The van der Waals surface area contributed by atoms with Gasteiger partial charge in [-0.1, -0.05) is 24.3 Å². The normalized spacial score (nSPS) is 12.4. The van der Waals surface area contributed by atoms with Gasteiger partial charge in [-0.3, -0.25) is 5.41 Å². The number of nitrogens with one attached hydrogen (secondary N) is 1. The number of amidine groups is 1. The SMILES string of the molecule is CCOCC(C)OCc1ccccc1C(=N)N. The molecule has 0 spiro atoms. The number of hydrogen-bond donors (Lipinski definition) is 2. The van der Waals surface area contributed by atoms with Gasteiger partial charge in [0.2, 0.25) is 0 Å². The monoisotopic (exact) mass is 236 g/mol. The molecule has 0 heterocycles. The zero-order valence-corrected chi connectivity index (χ0v) is 10.4. The van der Waals surface area contributed by atoms with Gasteiger partial charge in [0.05, 0.1) is 19.3 Å². The highest BCUT2D eigenvalue weighted by atomic mass is 16.5. The molecule has 0 bridgehead atoms. The van der Waals surface area contributed by atoms with Crippen LogP contribution in [0.25, 0.3) is 0 Å². The van der Waals surface area contributed by atoms with E-state index in [-0.39, 0.29) is 11.9 Å². The predicted molar refractivity (Wildman–Crippen MR) is 68.2 cm³/mol. The molecular formula is C13H20N2O2. The molecule has 0 fully saturated rings. The zero-order chi connectivity index (χ0) is 12.7. The Kier molecular flexibility index (Phi) is 5.66. The summed E-state index contributed by atoms with van der Waals surface area (Å²) in [5, 5.41) is 7.47. The molecule has 4 nitrogen and oxygen atoms in total. The summed E-state index contributed by atoms with van der Waals surface area (Å²) in [5.74, 6) is 0.0710. The van der Waals surface area contributed by atoms with E-state index < -0.39 is 0 Å². The average Bonchev–Trinajstić information content (AvgIpc) is 2.34. The third-order valence-corrected chi connectivity index (χ3v) is 2.39. The largest absolute Gasteiger partial charge is 0.384 e. The molecule has 0 saturated carbocycles. The number of hydrogen-bond acceptors (Lipinski definition) is 3. The van der Waals surface area contributed by atoms with Crippen molar-refractivity contribution in [3.8, 4) is 0 Å². The Labute approximate surface area is 102 Å². The van der Waals surface area contributed by atoms with Crippen molar-refractivity contribution in [2.75, 3.05) is 13.2 Å². The molecule has 0 aliphatic heterocycles. The van der Waals surface area contributed by atoms with Crippen molar-refractivity contribution in [1.29, 1.82) is 5.41 Å². The van der Waals surface area contributed by atoms with Crippen molar-refractivity contribution in [1.82, 2.24) is 0 Å². The van der Waals surface area contributed by atoms with Gasteiger partial charge >= 0.3 is 0 Å². The van der Waals surface area contributed by atoms with Gasteiger partial charge in [0.15, 0.2) is 0 Å². The Morgan fingerprint density at radius 3 is 2.76 bits per heavy atom. The molecule has 3 N–H and O–H groups in total. The molecule has 0 aromatic heterocycles. The maximum absolute atomic E-state index is 7.47. The Hall–Kier alpha value is -1.39. The molecule has 1 atom stereocenters. The summed E-state index contributed by atoms with van der Waals surface area (Å²) in [6, 6.07) is 7.53. The summed E-state index contributed by atoms with van der Waals surface area (Å²) in [7, 11) is 0. The van der Waals surface area contributed by atoms with Gasteiger partial charge < -0.3 is 15.2 Å². The molecule has 0 amide bonds. The molecule has 17 heavy (non-hydrogen) atoms. The van der Waals surface area contributed by atoms with Crippen LogP contribution < -0.4 is 5.73 Å². The van der Waals surface area contributed by atoms with E-state index in [1.807, 2.05) is 38.1 Å². The Morgan fingerprint density at radius 2 is 2.12 bits per heavy atom. The van der Waals surface area contributed by atoms with E-state index >= 15 is 0 Å². The topological polar surface area (TPSA) is 68.3 Å². The summed E-state index contributed by atoms with van der Waals surface area (Å²) in [6.45, 7) is 5.64. The fourth-order valence-electron chi connectivity index (χ4n) is 1.47. The molecule has 0 aliphatic carbocycles. The predicted octanol–water partition coefficient (Wildman–Crippen LogP) is 1.91. The highest BCUT2D eigenvalue weighted by Crippen LogP contribution is 2.10. The highest BCUT2D eigenvalue weighted by molar-refractivity contribution is 5.96. The highest BCUT2D eigenvalue weighted by Gasteiger charge is 2.07. The number of rotatable bonds is 7. The van der Waals surface area contributed by atoms with Gasteiger partial charge in [0.25, 0.3) is 0 Å². The minimum Gasteiger partial charge on any atom is -0.384 e. The lowest BCUT2D eigenvalue weighted by Gasteiger charge is -2.14. The third-order valence-electron chi connectivity index (χ3n) is 2.39. The van der Waals surface area contributed by atoms with Gasteiger partial charge in [-0.25, -0.2) is 0 Å². The van der Waals surface area contributed by atoms with E-state index in [9.17, 15) is 0 Å². The first-order chi connectivity index (χ1) is 8.15. The van der Waals surface area contributed by atoms with Crippen LogP contribution in [-0.4, -0.2) is 25.2 Å². The first kappa shape index (κ1) is 13.7. The quantitative estimate of drug-likeness (QED) is 0.561. The molecule has 0 radical (unpaired) electrons. The van der Waals surface area contributed by atoms with Gasteiger partial charge in [-0.2, -0.15) is 0 Å². The minimum atomic E-state index is 0.0370. The summed E-state index contributed by atoms with van der Waals surface area (Å²) in [4.78, 5) is 0. The molecular weight excluding hydrogens is 216 g/mol. The smallest absolute Gasteiger partial charge is 0.123 e. The van der Waals surface area contributed by atoms with E-state index in [4.69, 9.17) is 20.6 Å². The summed E-state index contributed by atoms with van der Waals surface area (Å²) in [6.07, 6.45) is 0.0370. The zero-order valence-electron chi connectivity index (χ0n) is 10.4. The number of ether oxygens (including phenoxy) is 2. The maximum Gasteiger partial charge on any atom is 0.123 e. The first-order valence-electron chi connectivity index (χ1n) is 5.76. The number of nitrogen functional groups attached to an aromatic ring is 1. The van der Waals surface area contributed by atoms with Gasteiger partial charge in [-0.05, 0) is 19.4 Å². The molecule has 94 valence electrons. The molecule has 1 aromatic rings. The Balaban J connectivity index is 2.54. The molecule has 1 unspecified atom stereocenters. The van der Waals surface area contributed by atoms with Crippen LogP contribution in [0.4, 0.5) is 0 Å². The second-order valence-corrected chi connectivity index (χ2v) is 3.85. The number of nitrogens with two attached hydrogens (primary N) is 1. The fraction of sp³-hybridized carbons (Fsp3) is 0.462. The first-order valence-corrected chi connectivity index (χ1v) is 5.76. The van der Waals surface area contributed by atoms with Crippen LogP contribution in [0.2, 0.25) is 0 Å². The molecule has 0 saturated heterocycles.